The smallest absolute Gasteiger partial charge is 0.259 e. The fourth-order valence-electron chi connectivity index (χ4n) is 1.82. The summed E-state index contributed by atoms with van der Waals surface area (Å²) in [4.78, 5) is 22.3. The van der Waals surface area contributed by atoms with Crippen molar-refractivity contribution in [2.75, 3.05) is 11.9 Å². The van der Waals surface area contributed by atoms with E-state index in [9.17, 15) is 14.8 Å². The predicted octanol–water partition coefficient (Wildman–Crippen LogP) is 3.42. The van der Waals surface area contributed by atoms with Gasteiger partial charge in [0.25, 0.3) is 5.91 Å². The Morgan fingerprint density at radius 3 is 2.67 bits per heavy atom. The number of halogens is 1. The Morgan fingerprint density at radius 1 is 1.29 bits per heavy atom. The van der Waals surface area contributed by atoms with E-state index in [0.717, 1.165) is 11.3 Å². The van der Waals surface area contributed by atoms with E-state index in [1.54, 1.807) is 0 Å². The molecule has 1 amide bonds. The van der Waals surface area contributed by atoms with E-state index < -0.39 is 0 Å². The third-order valence-electron chi connectivity index (χ3n) is 3.08. The Bertz CT molecular complexity index is 776. The maximum Gasteiger partial charge on any atom is 0.259 e. The Hall–Kier alpha value is -2.74. The van der Waals surface area contributed by atoms with Crippen LogP contribution in [0.25, 0.3) is 0 Å². The SMILES string of the molecule is Cc1ccc(NCC(=O)NN=Cc2cc(N=O)cc(Br)c2O)cc1. The third kappa shape index (κ3) is 4.88. The number of benzene rings is 2. The molecule has 8 heteroatoms. The fraction of sp³-hybridized carbons (Fsp3) is 0.125. The number of carbonyl (C=O) groups excluding carboxylic acids is 1. The zero-order chi connectivity index (χ0) is 17.5. The average molecular weight is 391 g/mol. The molecule has 2 aromatic carbocycles. The minimum absolute atomic E-state index is 0.0476. The molecule has 124 valence electrons. The van der Waals surface area contributed by atoms with Gasteiger partial charge >= 0.3 is 0 Å². The maximum atomic E-state index is 11.7. The maximum absolute atomic E-state index is 11.7. The second-order valence-electron chi connectivity index (χ2n) is 4.97. The van der Waals surface area contributed by atoms with Crippen molar-refractivity contribution in [2.45, 2.75) is 6.92 Å². The van der Waals surface area contributed by atoms with Crippen molar-refractivity contribution >= 4 is 39.4 Å². The first-order valence-electron chi connectivity index (χ1n) is 6.98. The quantitative estimate of drug-likeness (QED) is 0.399. The van der Waals surface area contributed by atoms with E-state index >= 15 is 0 Å². The van der Waals surface area contributed by atoms with Crippen LogP contribution in [0, 0.1) is 11.8 Å². The number of hydrogen-bond donors (Lipinski definition) is 3. The van der Waals surface area contributed by atoms with Crippen LogP contribution < -0.4 is 10.7 Å². The molecule has 2 aromatic rings. The van der Waals surface area contributed by atoms with Crippen LogP contribution >= 0.6 is 15.9 Å². The molecule has 0 fully saturated rings. The summed E-state index contributed by atoms with van der Waals surface area (Å²) < 4.78 is 0.313. The van der Waals surface area contributed by atoms with Crippen molar-refractivity contribution in [3.8, 4) is 5.75 Å². The number of nitrogens with zero attached hydrogens (tertiary/aromatic N) is 2. The number of carbonyl (C=O) groups is 1. The van der Waals surface area contributed by atoms with Crippen molar-refractivity contribution in [1.82, 2.24) is 5.43 Å². The van der Waals surface area contributed by atoms with Gasteiger partial charge in [-0.2, -0.15) is 5.10 Å². The van der Waals surface area contributed by atoms with Crippen LogP contribution in [0.15, 0.2) is 51.1 Å². The summed E-state index contributed by atoms with van der Waals surface area (Å²) in [5.41, 5.74) is 4.68. The number of phenols is 1. The van der Waals surface area contributed by atoms with Gasteiger partial charge in [-0.25, -0.2) is 5.43 Å². The van der Waals surface area contributed by atoms with E-state index in [0.29, 0.717) is 4.47 Å². The summed E-state index contributed by atoms with van der Waals surface area (Å²) in [5.74, 6) is -0.451. The number of phenolic OH excluding ortho intramolecular Hbond substituents is 1. The molecule has 24 heavy (non-hydrogen) atoms. The highest BCUT2D eigenvalue weighted by Crippen LogP contribution is 2.31. The Balaban J connectivity index is 1.91. The number of nitroso groups, excluding NO2 is 1. The van der Waals surface area contributed by atoms with Crippen molar-refractivity contribution in [2.24, 2.45) is 10.3 Å². The molecule has 0 aromatic heterocycles. The molecule has 0 spiro atoms. The van der Waals surface area contributed by atoms with Gasteiger partial charge in [-0.1, -0.05) is 17.7 Å². The van der Waals surface area contributed by atoms with E-state index in [1.165, 1.54) is 18.3 Å². The summed E-state index contributed by atoms with van der Waals surface area (Å²) in [6.07, 6.45) is 1.23. The minimum Gasteiger partial charge on any atom is -0.506 e. The lowest BCUT2D eigenvalue weighted by Crippen LogP contribution is -2.25. The molecular weight excluding hydrogens is 376 g/mol. The summed E-state index contributed by atoms with van der Waals surface area (Å²) in [5, 5.41) is 19.4. The Morgan fingerprint density at radius 2 is 2.00 bits per heavy atom. The van der Waals surface area contributed by atoms with Crippen molar-refractivity contribution in [3.63, 3.8) is 0 Å². The zero-order valence-electron chi connectivity index (χ0n) is 12.8. The lowest BCUT2D eigenvalue weighted by Gasteiger charge is -2.05. The monoisotopic (exact) mass is 390 g/mol. The number of anilines is 1. The second-order valence-corrected chi connectivity index (χ2v) is 5.82. The lowest BCUT2D eigenvalue weighted by molar-refractivity contribution is -0.119. The van der Waals surface area contributed by atoms with Gasteiger partial charge in [-0.3, -0.25) is 4.79 Å². The minimum atomic E-state index is -0.352. The van der Waals surface area contributed by atoms with Crippen LogP contribution in [0.5, 0.6) is 5.75 Å². The van der Waals surface area contributed by atoms with Gasteiger partial charge < -0.3 is 10.4 Å². The zero-order valence-corrected chi connectivity index (χ0v) is 14.4. The average Bonchev–Trinajstić information content (AvgIpc) is 2.58. The standard InChI is InChI=1S/C16H15BrN4O3/c1-10-2-4-12(5-3-10)18-9-15(22)20-19-8-11-6-13(21-24)7-14(17)16(11)23/h2-8,18,23H,9H2,1H3,(H,20,22). The van der Waals surface area contributed by atoms with Crippen LogP contribution in [0.4, 0.5) is 11.4 Å². The van der Waals surface area contributed by atoms with Crippen LogP contribution in [0.3, 0.4) is 0 Å². The van der Waals surface area contributed by atoms with Gasteiger partial charge in [0.2, 0.25) is 0 Å². The largest absolute Gasteiger partial charge is 0.506 e. The van der Waals surface area contributed by atoms with E-state index in [2.05, 4.69) is 37.0 Å². The van der Waals surface area contributed by atoms with Crippen molar-refractivity contribution < 1.29 is 9.90 Å². The highest BCUT2D eigenvalue weighted by atomic mass is 79.9. The van der Waals surface area contributed by atoms with Gasteiger partial charge in [0.15, 0.2) is 0 Å². The van der Waals surface area contributed by atoms with Gasteiger partial charge in [0, 0.05) is 11.3 Å². The van der Waals surface area contributed by atoms with E-state index in [1.807, 2.05) is 31.2 Å². The molecule has 0 aliphatic carbocycles. The highest BCUT2D eigenvalue weighted by Gasteiger charge is 2.07. The molecule has 7 nitrogen and oxygen atoms in total. The molecule has 0 saturated heterocycles. The number of hydrazone groups is 1. The van der Waals surface area contributed by atoms with Gasteiger partial charge in [-0.15, -0.1) is 4.91 Å². The third-order valence-corrected chi connectivity index (χ3v) is 3.69. The summed E-state index contributed by atoms with van der Waals surface area (Å²) in [6.45, 7) is 2.03. The molecule has 0 heterocycles. The normalized spacial score (nSPS) is 10.6. The first-order chi connectivity index (χ1) is 11.5. The van der Waals surface area contributed by atoms with Gasteiger partial charge in [0.1, 0.15) is 11.4 Å². The van der Waals surface area contributed by atoms with Crippen LogP contribution in [0.2, 0.25) is 0 Å². The predicted molar refractivity (Wildman–Crippen MR) is 96.7 cm³/mol. The Labute approximate surface area is 146 Å². The van der Waals surface area contributed by atoms with E-state index in [-0.39, 0.29) is 29.5 Å². The number of rotatable bonds is 6. The molecule has 0 aliphatic rings. The fourth-order valence-corrected chi connectivity index (χ4v) is 2.29. The molecule has 0 saturated carbocycles. The first kappa shape index (κ1) is 17.6. The topological polar surface area (TPSA) is 103 Å². The molecule has 0 atom stereocenters. The van der Waals surface area contributed by atoms with Gasteiger partial charge in [0.05, 0.1) is 17.2 Å². The van der Waals surface area contributed by atoms with Crippen LogP contribution in [0.1, 0.15) is 11.1 Å². The summed E-state index contributed by atoms with van der Waals surface area (Å²) in [6, 6.07) is 10.4. The van der Waals surface area contributed by atoms with Crippen molar-refractivity contribution in [3.05, 3.63) is 56.9 Å². The van der Waals surface area contributed by atoms with Crippen molar-refractivity contribution in [1.29, 1.82) is 0 Å². The molecule has 0 unspecified atom stereocenters. The lowest BCUT2D eigenvalue weighted by atomic mass is 10.2. The molecule has 0 aliphatic heterocycles. The first-order valence-corrected chi connectivity index (χ1v) is 7.77. The Kier molecular flexibility index (Phi) is 6.02. The van der Waals surface area contributed by atoms with Crippen LogP contribution in [-0.2, 0) is 4.79 Å². The second kappa shape index (κ2) is 8.21. The summed E-state index contributed by atoms with van der Waals surface area (Å²) in [7, 11) is 0. The summed E-state index contributed by atoms with van der Waals surface area (Å²) >= 11 is 3.11. The molecule has 2 rings (SSSR count). The number of aryl methyl sites for hydroxylation is 1. The van der Waals surface area contributed by atoms with Crippen LogP contribution in [-0.4, -0.2) is 23.8 Å². The molecular formula is C16H15BrN4O3. The highest BCUT2D eigenvalue weighted by molar-refractivity contribution is 9.10. The van der Waals surface area contributed by atoms with Gasteiger partial charge in [-0.05, 0) is 52.3 Å². The molecule has 3 N–H and O–H groups in total. The van der Waals surface area contributed by atoms with E-state index in [4.69, 9.17) is 0 Å². The molecule has 0 bridgehead atoms. The molecule has 0 radical (unpaired) electrons. The number of aromatic hydroxyl groups is 1. The number of hydrogen-bond acceptors (Lipinski definition) is 6. The number of nitrogens with one attached hydrogen (secondary N) is 2. The number of amides is 1.